The number of allylic oxidation sites excluding steroid dienone is 1. The quantitative estimate of drug-likeness (QED) is 0.198. The molecule has 0 fully saturated rings. The molecule has 4 rings (SSSR count). The molecule has 1 aromatic carbocycles. The number of Topliss-reactive ketones (excluding diaryl/α,β-unsaturated/α-hetero) is 1. The third-order valence-electron chi connectivity index (χ3n) is 7.42. The van der Waals surface area contributed by atoms with Crippen LogP contribution in [0.2, 0.25) is 0 Å². The number of aliphatic imine (C=N–C) groups is 1. The highest BCUT2D eigenvalue weighted by molar-refractivity contribution is 7.33. The Bertz CT molecular complexity index is 1430. The van der Waals surface area contributed by atoms with E-state index in [4.69, 9.17) is 4.99 Å². The van der Waals surface area contributed by atoms with Gasteiger partial charge in [-0.3, -0.25) is 10.2 Å². The molecule has 214 valence electrons. The zero-order valence-electron chi connectivity index (χ0n) is 24.7. The van der Waals surface area contributed by atoms with E-state index in [-0.39, 0.29) is 11.8 Å². The SMILES string of the molecule is C=C=C(C(CCCC)NC)N(CC)CCCC1=Nc2c(-c3ccc(-c4ccccc4)pc3)cnn2NC=C1C(C)=O. The molecule has 8 heteroatoms. The molecule has 0 spiro atoms. The van der Waals surface area contributed by atoms with Gasteiger partial charge in [-0.15, -0.1) is 5.73 Å². The van der Waals surface area contributed by atoms with Gasteiger partial charge in [0.15, 0.2) is 11.6 Å². The Hall–Kier alpha value is -3.76. The van der Waals surface area contributed by atoms with Gasteiger partial charge in [-0.1, -0.05) is 70.9 Å². The Morgan fingerprint density at radius 3 is 2.61 bits per heavy atom. The van der Waals surface area contributed by atoms with E-state index in [1.807, 2.05) is 19.3 Å². The van der Waals surface area contributed by atoms with Crippen LogP contribution in [0.5, 0.6) is 0 Å². The van der Waals surface area contributed by atoms with E-state index in [1.54, 1.807) is 17.9 Å². The summed E-state index contributed by atoms with van der Waals surface area (Å²) in [5, 5.41) is 9.22. The maximum Gasteiger partial charge on any atom is 0.181 e. The lowest BCUT2D eigenvalue weighted by atomic mass is 10.0. The van der Waals surface area contributed by atoms with Crippen molar-refractivity contribution in [2.45, 2.75) is 58.9 Å². The minimum absolute atomic E-state index is 0.0187. The molecule has 2 N–H and O–H groups in total. The highest BCUT2D eigenvalue weighted by Gasteiger charge is 2.22. The third kappa shape index (κ3) is 7.31. The summed E-state index contributed by atoms with van der Waals surface area (Å²) in [6.07, 6.45) is 8.43. The summed E-state index contributed by atoms with van der Waals surface area (Å²) < 4.78 is 0. The molecule has 1 aliphatic heterocycles. The molecule has 3 heterocycles. The van der Waals surface area contributed by atoms with Crippen molar-refractivity contribution in [2.24, 2.45) is 4.99 Å². The van der Waals surface area contributed by atoms with Crippen molar-refractivity contribution in [1.29, 1.82) is 0 Å². The number of carbonyl (C=O) groups excluding carboxylic acids is 1. The monoisotopic (exact) mass is 568 g/mol. The number of unbranched alkanes of at least 4 members (excludes halogenated alkanes) is 1. The molecular formula is C33H41N6OP. The maximum atomic E-state index is 12.6. The van der Waals surface area contributed by atoms with Crippen LogP contribution in [0.15, 0.2) is 89.2 Å². The van der Waals surface area contributed by atoms with Crippen LogP contribution >= 0.6 is 8.19 Å². The molecule has 0 amide bonds. The fourth-order valence-corrected chi connectivity index (χ4v) is 6.10. The normalized spacial score (nSPS) is 13.4. The van der Waals surface area contributed by atoms with E-state index in [0.717, 1.165) is 69.5 Å². The maximum absolute atomic E-state index is 12.6. The lowest BCUT2D eigenvalue weighted by Crippen LogP contribution is -2.37. The number of rotatable bonds is 14. The zero-order chi connectivity index (χ0) is 29.2. The molecule has 0 saturated carbocycles. The van der Waals surface area contributed by atoms with Crippen molar-refractivity contribution in [3.8, 4) is 22.0 Å². The van der Waals surface area contributed by atoms with Gasteiger partial charge in [0.1, 0.15) is 0 Å². The van der Waals surface area contributed by atoms with Crippen molar-refractivity contribution in [1.82, 2.24) is 20.1 Å². The predicted molar refractivity (Wildman–Crippen MR) is 172 cm³/mol. The Labute approximate surface area is 245 Å². The van der Waals surface area contributed by atoms with E-state index >= 15 is 0 Å². The van der Waals surface area contributed by atoms with Crippen LogP contribution in [0.3, 0.4) is 0 Å². The van der Waals surface area contributed by atoms with Crippen molar-refractivity contribution in [3.63, 3.8) is 0 Å². The van der Waals surface area contributed by atoms with Crippen LogP contribution in [0.25, 0.3) is 22.0 Å². The minimum Gasteiger partial charge on any atom is -0.368 e. The number of carbonyl (C=O) groups is 1. The van der Waals surface area contributed by atoms with E-state index in [2.05, 4.69) is 89.1 Å². The van der Waals surface area contributed by atoms with E-state index in [1.165, 1.54) is 10.9 Å². The number of nitrogens with zero attached hydrogens (tertiary/aromatic N) is 4. The fraction of sp³-hybridized carbons (Fsp3) is 0.364. The van der Waals surface area contributed by atoms with Gasteiger partial charge in [-0.05, 0) is 63.1 Å². The van der Waals surface area contributed by atoms with Gasteiger partial charge < -0.3 is 10.2 Å². The molecule has 1 atom stereocenters. The molecule has 1 aliphatic rings. The number of fused-ring (bicyclic) bond motifs is 1. The van der Waals surface area contributed by atoms with Gasteiger partial charge in [-0.25, -0.2) is 4.99 Å². The van der Waals surface area contributed by atoms with Crippen LogP contribution in [0, 0.1) is 0 Å². The summed E-state index contributed by atoms with van der Waals surface area (Å²) in [5.41, 5.74) is 12.1. The fourth-order valence-electron chi connectivity index (χ4n) is 5.14. The first-order chi connectivity index (χ1) is 20.0. The second-order valence-electron chi connectivity index (χ2n) is 10.1. The minimum atomic E-state index is -0.0187. The van der Waals surface area contributed by atoms with Crippen molar-refractivity contribution < 1.29 is 4.79 Å². The number of benzene rings is 1. The number of ketones is 1. The van der Waals surface area contributed by atoms with Crippen LogP contribution in [-0.2, 0) is 4.79 Å². The van der Waals surface area contributed by atoms with Gasteiger partial charge in [0.25, 0.3) is 0 Å². The third-order valence-corrected chi connectivity index (χ3v) is 8.51. The first kappa shape index (κ1) is 30.2. The topological polar surface area (TPSA) is 74.5 Å². The van der Waals surface area contributed by atoms with E-state index in [0.29, 0.717) is 17.8 Å². The first-order valence-corrected chi connectivity index (χ1v) is 15.4. The Morgan fingerprint density at radius 1 is 1.17 bits per heavy atom. The Balaban J connectivity index is 1.56. The smallest absolute Gasteiger partial charge is 0.181 e. The molecule has 0 radical (unpaired) electrons. The number of hydrogen-bond acceptors (Lipinski definition) is 6. The molecule has 41 heavy (non-hydrogen) atoms. The van der Waals surface area contributed by atoms with Crippen molar-refractivity contribution in [3.05, 3.63) is 84.2 Å². The molecule has 0 saturated heterocycles. The lowest BCUT2D eigenvalue weighted by molar-refractivity contribution is -0.113. The zero-order valence-corrected chi connectivity index (χ0v) is 25.5. The average molecular weight is 569 g/mol. The molecule has 1 unspecified atom stereocenters. The van der Waals surface area contributed by atoms with Crippen molar-refractivity contribution >= 4 is 25.5 Å². The summed E-state index contributed by atoms with van der Waals surface area (Å²) in [6.45, 7) is 11.6. The van der Waals surface area contributed by atoms with Crippen LogP contribution in [-0.4, -0.2) is 52.5 Å². The first-order valence-electron chi connectivity index (χ1n) is 14.5. The highest BCUT2D eigenvalue weighted by Crippen LogP contribution is 2.36. The number of hydrogen-bond donors (Lipinski definition) is 2. The molecule has 0 bridgehead atoms. The summed E-state index contributed by atoms with van der Waals surface area (Å²) >= 11 is 0. The summed E-state index contributed by atoms with van der Waals surface area (Å²) in [6, 6.07) is 14.9. The van der Waals surface area contributed by atoms with E-state index < -0.39 is 0 Å². The Morgan fingerprint density at radius 2 is 1.98 bits per heavy atom. The largest absolute Gasteiger partial charge is 0.368 e. The Kier molecular flexibility index (Phi) is 10.9. The number of likely N-dealkylation sites (N-methyl/N-ethyl adjacent to an activating group) is 2. The summed E-state index contributed by atoms with van der Waals surface area (Å²) in [7, 11) is 3.12. The lowest BCUT2D eigenvalue weighted by Gasteiger charge is -2.30. The second kappa shape index (κ2) is 14.7. The highest BCUT2D eigenvalue weighted by atomic mass is 31.0. The molecular weight excluding hydrogens is 527 g/mol. The average Bonchev–Trinajstić information content (AvgIpc) is 3.30. The molecule has 2 aromatic heterocycles. The van der Waals surface area contributed by atoms with Gasteiger partial charge >= 0.3 is 0 Å². The van der Waals surface area contributed by atoms with Crippen molar-refractivity contribution in [2.75, 3.05) is 25.6 Å². The van der Waals surface area contributed by atoms with Gasteiger partial charge in [-0.2, -0.15) is 9.89 Å². The second-order valence-corrected chi connectivity index (χ2v) is 11.1. The number of nitrogens with one attached hydrogen (secondary N) is 2. The molecule has 0 aliphatic carbocycles. The van der Waals surface area contributed by atoms with Gasteiger partial charge in [0.2, 0.25) is 0 Å². The standard InChI is InChI=1S/C33H41N6OP/c1-6-9-16-30(34-5)31(7-2)38(8-3)20-13-17-29-27(24(4)40)21-35-39-33(37-29)28(22-36-39)26-18-19-32(41-23-26)25-14-11-10-12-15-25/h10-12,14-15,18-19,21-23,30,34-35H,2,6,8-9,13,16-17,20H2,1,3-5H3. The number of aromatic nitrogens is 2. The summed E-state index contributed by atoms with van der Waals surface area (Å²) in [5.74, 6) is 2.88. The predicted octanol–water partition coefficient (Wildman–Crippen LogP) is 7.45. The van der Waals surface area contributed by atoms with Crippen LogP contribution < -0.4 is 10.7 Å². The summed E-state index contributed by atoms with van der Waals surface area (Å²) in [4.78, 5) is 21.7. The van der Waals surface area contributed by atoms with E-state index in [9.17, 15) is 4.79 Å². The molecule has 3 aromatic rings. The van der Waals surface area contributed by atoms with Crippen LogP contribution in [0.4, 0.5) is 5.82 Å². The molecule has 7 nitrogen and oxygen atoms in total. The van der Waals surface area contributed by atoms with Crippen LogP contribution in [0.1, 0.15) is 52.9 Å². The van der Waals surface area contributed by atoms with Gasteiger partial charge in [0.05, 0.1) is 29.2 Å². The van der Waals surface area contributed by atoms with Gasteiger partial charge in [0, 0.05) is 30.1 Å².